The van der Waals surface area contributed by atoms with E-state index in [0.717, 1.165) is 22.3 Å². The highest BCUT2D eigenvalue weighted by molar-refractivity contribution is 5.81. The molecule has 0 aromatic heterocycles. The minimum atomic E-state index is -1.18. The first-order chi connectivity index (χ1) is 16.0. The summed E-state index contributed by atoms with van der Waals surface area (Å²) in [5.74, 6) is -0.198. The van der Waals surface area contributed by atoms with Crippen LogP contribution in [0.3, 0.4) is 0 Å². The number of hydrogen-bond donors (Lipinski definition) is 2. The molecule has 7 nitrogen and oxygen atoms in total. The SMILES string of the molecule is COc1ccc(CC(NC(=O)OCC2c3ccccc3-c3ccccc32)C(=O)O)c(OC)c1. The third-order valence-corrected chi connectivity index (χ3v) is 5.85. The zero-order chi connectivity index (χ0) is 23.4. The highest BCUT2D eigenvalue weighted by Crippen LogP contribution is 2.44. The van der Waals surface area contributed by atoms with E-state index in [9.17, 15) is 14.7 Å². The van der Waals surface area contributed by atoms with Gasteiger partial charge in [0, 0.05) is 18.4 Å². The first-order valence-electron chi connectivity index (χ1n) is 10.6. The molecule has 1 aliphatic rings. The molecule has 0 bridgehead atoms. The minimum Gasteiger partial charge on any atom is -0.497 e. The lowest BCUT2D eigenvalue weighted by Gasteiger charge is -2.18. The Morgan fingerprint density at radius 1 is 0.939 bits per heavy atom. The topological polar surface area (TPSA) is 94.1 Å². The Morgan fingerprint density at radius 2 is 1.58 bits per heavy atom. The van der Waals surface area contributed by atoms with Crippen molar-refractivity contribution >= 4 is 12.1 Å². The van der Waals surface area contributed by atoms with Gasteiger partial charge in [-0.3, -0.25) is 0 Å². The molecule has 0 saturated carbocycles. The highest BCUT2D eigenvalue weighted by Gasteiger charge is 2.30. The zero-order valence-electron chi connectivity index (χ0n) is 18.4. The lowest BCUT2D eigenvalue weighted by Crippen LogP contribution is -2.43. The largest absolute Gasteiger partial charge is 0.497 e. The predicted octanol–water partition coefficient (Wildman–Crippen LogP) is 4.24. The van der Waals surface area contributed by atoms with Crippen LogP contribution in [-0.4, -0.2) is 44.0 Å². The minimum absolute atomic E-state index is 0.0344. The molecule has 4 rings (SSSR count). The molecule has 33 heavy (non-hydrogen) atoms. The number of benzene rings is 3. The molecule has 1 atom stereocenters. The van der Waals surface area contributed by atoms with E-state index >= 15 is 0 Å². The molecule has 0 aliphatic heterocycles. The standard InChI is InChI=1S/C26H25NO6/c1-31-17-12-11-16(24(14-17)32-2)13-23(25(28)29)27-26(30)33-15-22-20-9-5-3-7-18(20)19-8-4-6-10-21(19)22/h3-12,14,22-23H,13,15H2,1-2H3,(H,27,30)(H,28,29). The molecule has 2 N–H and O–H groups in total. The summed E-state index contributed by atoms with van der Waals surface area (Å²) in [4.78, 5) is 24.3. The molecule has 1 unspecified atom stereocenters. The fourth-order valence-corrected chi connectivity index (χ4v) is 4.22. The van der Waals surface area contributed by atoms with Crippen LogP contribution in [0.5, 0.6) is 11.5 Å². The lowest BCUT2D eigenvalue weighted by molar-refractivity contribution is -0.139. The maximum Gasteiger partial charge on any atom is 0.407 e. The first-order valence-corrected chi connectivity index (χ1v) is 10.6. The van der Waals surface area contributed by atoms with Crippen molar-refractivity contribution in [1.29, 1.82) is 0 Å². The zero-order valence-corrected chi connectivity index (χ0v) is 18.4. The van der Waals surface area contributed by atoms with Gasteiger partial charge in [-0.1, -0.05) is 54.6 Å². The average molecular weight is 447 g/mol. The fourth-order valence-electron chi connectivity index (χ4n) is 4.22. The molecule has 0 spiro atoms. The van der Waals surface area contributed by atoms with Crippen LogP contribution < -0.4 is 14.8 Å². The van der Waals surface area contributed by atoms with Crippen LogP contribution >= 0.6 is 0 Å². The summed E-state index contributed by atoms with van der Waals surface area (Å²) in [7, 11) is 3.03. The number of carbonyl (C=O) groups excluding carboxylic acids is 1. The van der Waals surface area contributed by atoms with E-state index < -0.39 is 18.1 Å². The number of carbonyl (C=O) groups is 2. The van der Waals surface area contributed by atoms with Gasteiger partial charge in [0.1, 0.15) is 24.1 Å². The van der Waals surface area contributed by atoms with E-state index in [2.05, 4.69) is 17.4 Å². The highest BCUT2D eigenvalue weighted by atomic mass is 16.5. The molecule has 3 aromatic rings. The van der Waals surface area contributed by atoms with E-state index in [1.54, 1.807) is 18.2 Å². The van der Waals surface area contributed by atoms with Crippen molar-refractivity contribution in [2.24, 2.45) is 0 Å². The molecule has 1 aliphatic carbocycles. The van der Waals surface area contributed by atoms with Crippen molar-refractivity contribution in [2.45, 2.75) is 18.4 Å². The molecule has 1 amide bonds. The number of hydrogen-bond acceptors (Lipinski definition) is 5. The van der Waals surface area contributed by atoms with Crippen molar-refractivity contribution in [3.63, 3.8) is 0 Å². The Morgan fingerprint density at radius 3 is 2.15 bits per heavy atom. The lowest BCUT2D eigenvalue weighted by atomic mass is 9.98. The number of alkyl carbamates (subject to hydrolysis) is 1. The van der Waals surface area contributed by atoms with Gasteiger partial charge in [0.2, 0.25) is 0 Å². The van der Waals surface area contributed by atoms with Gasteiger partial charge in [-0.25, -0.2) is 9.59 Å². The fraction of sp³-hybridized carbons (Fsp3) is 0.231. The third kappa shape index (κ3) is 4.62. The number of nitrogens with one attached hydrogen (secondary N) is 1. The number of rotatable bonds is 8. The Kier molecular flexibility index (Phi) is 6.49. The van der Waals surface area contributed by atoms with Crippen LogP contribution in [0.15, 0.2) is 66.7 Å². The van der Waals surface area contributed by atoms with Crippen LogP contribution in [0.25, 0.3) is 11.1 Å². The van der Waals surface area contributed by atoms with E-state index in [-0.39, 0.29) is 18.9 Å². The summed E-state index contributed by atoms with van der Waals surface area (Å²) in [5.41, 5.74) is 5.05. The second-order valence-corrected chi connectivity index (χ2v) is 7.74. The van der Waals surface area contributed by atoms with E-state index in [0.29, 0.717) is 17.1 Å². The molecule has 170 valence electrons. The molecule has 7 heteroatoms. The molecule has 0 saturated heterocycles. The number of ether oxygens (including phenoxy) is 3. The van der Waals surface area contributed by atoms with Gasteiger partial charge in [-0.15, -0.1) is 0 Å². The van der Waals surface area contributed by atoms with Crippen LogP contribution in [0.1, 0.15) is 22.6 Å². The van der Waals surface area contributed by atoms with Crippen molar-refractivity contribution in [3.05, 3.63) is 83.4 Å². The summed E-state index contributed by atoms with van der Waals surface area (Å²) in [6.45, 7) is 0.109. The first kappa shape index (κ1) is 22.2. The molecule has 0 fully saturated rings. The van der Waals surface area contributed by atoms with Gasteiger partial charge >= 0.3 is 12.1 Å². The van der Waals surface area contributed by atoms with Gasteiger partial charge in [0.05, 0.1) is 14.2 Å². The van der Waals surface area contributed by atoms with Crippen molar-refractivity contribution in [2.75, 3.05) is 20.8 Å². The van der Waals surface area contributed by atoms with Crippen LogP contribution in [0.4, 0.5) is 4.79 Å². The molecule has 0 heterocycles. The van der Waals surface area contributed by atoms with E-state index in [1.807, 2.05) is 36.4 Å². The average Bonchev–Trinajstić information content (AvgIpc) is 3.16. The van der Waals surface area contributed by atoms with Crippen LogP contribution in [0.2, 0.25) is 0 Å². The van der Waals surface area contributed by atoms with Crippen LogP contribution in [0, 0.1) is 0 Å². The maximum absolute atomic E-state index is 12.5. The Labute approximate surface area is 191 Å². The Hall–Kier alpha value is -4.00. The number of carboxylic acids is 1. The monoisotopic (exact) mass is 447 g/mol. The number of fused-ring (bicyclic) bond motifs is 3. The molecular formula is C26H25NO6. The van der Waals surface area contributed by atoms with Crippen molar-refractivity contribution in [1.82, 2.24) is 5.32 Å². The summed E-state index contributed by atoms with van der Waals surface area (Å²) < 4.78 is 16.0. The molecule has 3 aromatic carbocycles. The number of aliphatic carboxylic acids is 1. The van der Waals surface area contributed by atoms with Gasteiger partial charge in [-0.2, -0.15) is 0 Å². The van der Waals surface area contributed by atoms with Crippen LogP contribution in [-0.2, 0) is 16.0 Å². The van der Waals surface area contributed by atoms with Gasteiger partial charge in [-0.05, 0) is 33.9 Å². The molecule has 0 radical (unpaired) electrons. The quantitative estimate of drug-likeness (QED) is 0.537. The van der Waals surface area contributed by atoms with Gasteiger partial charge in [0.15, 0.2) is 0 Å². The third-order valence-electron chi connectivity index (χ3n) is 5.85. The van der Waals surface area contributed by atoms with Gasteiger partial charge < -0.3 is 24.6 Å². The summed E-state index contributed by atoms with van der Waals surface area (Å²) in [6.07, 6.45) is -0.746. The van der Waals surface area contributed by atoms with Crippen molar-refractivity contribution < 1.29 is 28.9 Å². The smallest absolute Gasteiger partial charge is 0.407 e. The second kappa shape index (κ2) is 9.65. The summed E-state index contributed by atoms with van der Waals surface area (Å²) >= 11 is 0. The second-order valence-electron chi connectivity index (χ2n) is 7.74. The number of carboxylic acid groups (broad SMARTS) is 1. The van der Waals surface area contributed by atoms with E-state index in [4.69, 9.17) is 14.2 Å². The normalized spacial score (nSPS) is 12.9. The van der Waals surface area contributed by atoms with Gasteiger partial charge in [0.25, 0.3) is 0 Å². The van der Waals surface area contributed by atoms with Crippen molar-refractivity contribution in [3.8, 4) is 22.6 Å². The predicted molar refractivity (Wildman–Crippen MR) is 123 cm³/mol. The Bertz CT molecular complexity index is 1130. The Balaban J connectivity index is 1.44. The summed E-state index contributed by atoms with van der Waals surface area (Å²) in [6, 6.07) is 20.0. The number of amides is 1. The van der Waals surface area contributed by atoms with E-state index in [1.165, 1.54) is 14.2 Å². The summed E-state index contributed by atoms with van der Waals surface area (Å²) in [5, 5.41) is 12.1. The molecular weight excluding hydrogens is 422 g/mol. The number of methoxy groups -OCH3 is 2. The maximum atomic E-state index is 12.5.